The monoisotopic (exact) mass is 199 g/mol. The summed E-state index contributed by atoms with van der Waals surface area (Å²) in [5.41, 5.74) is 1.67. The van der Waals surface area contributed by atoms with Crippen LogP contribution < -0.4 is 0 Å². The first-order valence-electron chi connectivity index (χ1n) is 4.41. The Balaban J connectivity index is 2.54. The first kappa shape index (κ1) is 9.28. The number of nitrogens with zero attached hydrogens (tertiary/aromatic N) is 3. The molecule has 0 amide bonds. The van der Waals surface area contributed by atoms with Gasteiger partial charge in [-0.2, -0.15) is 0 Å². The molecule has 0 spiro atoms. The fourth-order valence-electron chi connectivity index (χ4n) is 1.40. The molecule has 0 aliphatic rings. The molecular weight excluding hydrogens is 190 g/mol. The van der Waals surface area contributed by atoms with E-state index in [1.807, 2.05) is 0 Å². The normalized spacial score (nSPS) is 9.87. The summed E-state index contributed by atoms with van der Waals surface area (Å²) in [6, 6.07) is 6.72. The van der Waals surface area contributed by atoms with Crippen LogP contribution in [0.15, 0.2) is 30.5 Å². The minimum Gasteiger partial charge on any atom is -0.508 e. The number of aryl methyl sites for hydroxylation is 1. The summed E-state index contributed by atoms with van der Waals surface area (Å²) in [6.07, 6.45) is 1.79. The third-order valence-electron chi connectivity index (χ3n) is 2.09. The number of rotatable bonds is 1. The van der Waals surface area contributed by atoms with Crippen LogP contribution in [-0.4, -0.2) is 14.9 Å². The van der Waals surface area contributed by atoms with Gasteiger partial charge in [-0.25, -0.2) is 4.68 Å². The molecule has 1 N–H and O–H groups in total. The van der Waals surface area contributed by atoms with E-state index in [0.717, 1.165) is 11.1 Å². The van der Waals surface area contributed by atoms with Gasteiger partial charge in [-0.05, 0) is 22.8 Å². The van der Waals surface area contributed by atoms with Crippen molar-refractivity contribution in [3.05, 3.63) is 41.9 Å². The van der Waals surface area contributed by atoms with Crippen LogP contribution in [-0.2, 0) is 7.05 Å². The molecule has 0 aliphatic heterocycles. The Morgan fingerprint density at radius 2 is 2.00 bits per heavy atom. The van der Waals surface area contributed by atoms with Crippen LogP contribution in [0.5, 0.6) is 5.75 Å². The van der Waals surface area contributed by atoms with Crippen molar-refractivity contribution in [1.29, 1.82) is 0 Å². The highest BCUT2D eigenvalue weighted by Gasteiger charge is 2.10. The Labute approximate surface area is 87.2 Å². The fraction of sp³-hybridized carbons (Fsp3) is 0.0909. The summed E-state index contributed by atoms with van der Waals surface area (Å²) in [5.74, 6) is 0.593. The summed E-state index contributed by atoms with van der Waals surface area (Å²) in [6.45, 7) is 6.99. The van der Waals surface area contributed by atoms with Gasteiger partial charge in [0.1, 0.15) is 5.75 Å². The molecule has 4 heteroatoms. The third-order valence-corrected chi connectivity index (χ3v) is 2.09. The van der Waals surface area contributed by atoms with E-state index in [1.165, 1.54) is 0 Å². The number of hydrogen-bond acceptors (Lipinski definition) is 2. The second-order valence-corrected chi connectivity index (χ2v) is 3.20. The third kappa shape index (κ3) is 1.67. The molecule has 4 nitrogen and oxygen atoms in total. The fourth-order valence-corrected chi connectivity index (χ4v) is 1.40. The van der Waals surface area contributed by atoms with E-state index in [1.54, 1.807) is 42.2 Å². The average Bonchev–Trinajstić information content (AvgIpc) is 2.61. The predicted molar refractivity (Wildman–Crippen MR) is 56.6 cm³/mol. The molecule has 1 aromatic carbocycles. The van der Waals surface area contributed by atoms with Crippen LogP contribution in [0.1, 0.15) is 0 Å². The van der Waals surface area contributed by atoms with Gasteiger partial charge in [-0.15, -0.1) is 0 Å². The van der Waals surface area contributed by atoms with Gasteiger partial charge < -0.3 is 9.95 Å². The number of aromatic hydroxyl groups is 1. The van der Waals surface area contributed by atoms with Gasteiger partial charge in [-0.1, -0.05) is 18.7 Å². The number of hydrogen-bond donors (Lipinski definition) is 1. The van der Waals surface area contributed by atoms with E-state index in [2.05, 4.69) is 9.94 Å². The Morgan fingerprint density at radius 3 is 2.60 bits per heavy atom. The Kier molecular flexibility index (Phi) is 2.14. The van der Waals surface area contributed by atoms with Crippen molar-refractivity contribution in [2.24, 2.45) is 7.05 Å². The molecule has 0 saturated heterocycles. The molecule has 1 aromatic heterocycles. The first-order valence-corrected chi connectivity index (χ1v) is 4.41. The summed E-state index contributed by atoms with van der Waals surface area (Å²) < 4.78 is 1.61. The average molecular weight is 199 g/mol. The zero-order chi connectivity index (χ0) is 10.8. The van der Waals surface area contributed by atoms with Crippen LogP contribution in [0.4, 0.5) is 5.82 Å². The van der Waals surface area contributed by atoms with Crippen molar-refractivity contribution in [1.82, 2.24) is 9.78 Å². The van der Waals surface area contributed by atoms with Gasteiger partial charge in [0.25, 0.3) is 0 Å². The maximum atomic E-state index is 9.15. The standard InChI is InChI=1S/C11H9N3O/c1-12-11-10(7-14(2)13-11)8-3-5-9(15)6-4-8/h3-7,15H,2H3. The van der Waals surface area contributed by atoms with Crippen LogP contribution in [0, 0.1) is 6.57 Å². The number of benzene rings is 1. The van der Waals surface area contributed by atoms with Crippen LogP contribution in [0.25, 0.3) is 16.0 Å². The zero-order valence-corrected chi connectivity index (χ0v) is 8.18. The van der Waals surface area contributed by atoms with Gasteiger partial charge in [0.2, 0.25) is 0 Å². The first-order chi connectivity index (χ1) is 7.20. The van der Waals surface area contributed by atoms with Gasteiger partial charge in [-0.3, -0.25) is 0 Å². The molecule has 0 saturated carbocycles. The largest absolute Gasteiger partial charge is 0.508 e. The van der Waals surface area contributed by atoms with E-state index in [4.69, 9.17) is 11.7 Å². The number of phenolic OH excluding ortho intramolecular Hbond substituents is 1. The molecule has 74 valence electrons. The summed E-state index contributed by atoms with van der Waals surface area (Å²) >= 11 is 0. The number of phenols is 1. The Morgan fingerprint density at radius 1 is 1.33 bits per heavy atom. The minimum absolute atomic E-state index is 0.215. The van der Waals surface area contributed by atoms with Crippen LogP contribution in [0.3, 0.4) is 0 Å². The molecule has 0 bridgehead atoms. The van der Waals surface area contributed by atoms with E-state index in [9.17, 15) is 0 Å². The van der Waals surface area contributed by atoms with Crippen LogP contribution >= 0.6 is 0 Å². The highest BCUT2D eigenvalue weighted by atomic mass is 16.3. The van der Waals surface area contributed by atoms with Crippen molar-refractivity contribution in [3.8, 4) is 16.9 Å². The van der Waals surface area contributed by atoms with E-state index < -0.39 is 0 Å². The van der Waals surface area contributed by atoms with Crippen molar-refractivity contribution in [2.75, 3.05) is 0 Å². The summed E-state index contributed by atoms with van der Waals surface area (Å²) in [4.78, 5) is 3.35. The highest BCUT2D eigenvalue weighted by Crippen LogP contribution is 2.29. The second kappa shape index (κ2) is 3.46. The lowest BCUT2D eigenvalue weighted by molar-refractivity contribution is 0.475. The number of aromatic nitrogens is 2. The molecule has 0 atom stereocenters. The molecule has 0 aliphatic carbocycles. The highest BCUT2D eigenvalue weighted by molar-refractivity contribution is 5.75. The maximum Gasteiger partial charge on any atom is 0.303 e. The lowest BCUT2D eigenvalue weighted by Gasteiger charge is -1.97. The van der Waals surface area contributed by atoms with Crippen LogP contribution in [0.2, 0.25) is 0 Å². The molecule has 0 unspecified atom stereocenters. The zero-order valence-electron chi connectivity index (χ0n) is 8.18. The second-order valence-electron chi connectivity index (χ2n) is 3.20. The summed E-state index contributed by atoms with van der Waals surface area (Å²) in [5, 5.41) is 13.2. The van der Waals surface area contributed by atoms with E-state index in [0.29, 0.717) is 5.82 Å². The topological polar surface area (TPSA) is 42.4 Å². The Hall–Kier alpha value is -2.28. The molecule has 2 aromatic rings. The smallest absolute Gasteiger partial charge is 0.303 e. The predicted octanol–water partition coefficient (Wildman–Crippen LogP) is 2.34. The maximum absolute atomic E-state index is 9.15. The Bertz CT molecular complexity index is 520. The van der Waals surface area contributed by atoms with Crippen molar-refractivity contribution in [3.63, 3.8) is 0 Å². The molecule has 1 heterocycles. The van der Waals surface area contributed by atoms with Gasteiger partial charge >= 0.3 is 5.82 Å². The lowest BCUT2D eigenvalue weighted by Crippen LogP contribution is -1.84. The molecule has 0 fully saturated rings. The summed E-state index contributed by atoms with van der Waals surface area (Å²) in [7, 11) is 1.78. The van der Waals surface area contributed by atoms with E-state index >= 15 is 0 Å². The van der Waals surface area contributed by atoms with Crippen molar-refractivity contribution in [2.45, 2.75) is 0 Å². The SMILES string of the molecule is [C-]#[N+]c1nn(C)cc1-c1ccc(O)cc1. The molecular formula is C11H9N3O. The van der Waals surface area contributed by atoms with Crippen molar-refractivity contribution < 1.29 is 5.11 Å². The van der Waals surface area contributed by atoms with Gasteiger partial charge in [0.05, 0.1) is 0 Å². The minimum atomic E-state index is 0.215. The van der Waals surface area contributed by atoms with E-state index in [-0.39, 0.29) is 5.75 Å². The van der Waals surface area contributed by atoms with Crippen molar-refractivity contribution >= 4 is 5.82 Å². The van der Waals surface area contributed by atoms with Gasteiger partial charge in [0, 0.05) is 18.8 Å². The molecule has 0 radical (unpaired) electrons. The lowest BCUT2D eigenvalue weighted by atomic mass is 10.1. The van der Waals surface area contributed by atoms with Gasteiger partial charge in [0.15, 0.2) is 0 Å². The quantitative estimate of drug-likeness (QED) is 0.716. The molecule has 15 heavy (non-hydrogen) atoms. The molecule has 2 rings (SSSR count).